The van der Waals surface area contributed by atoms with Crippen molar-refractivity contribution in [1.29, 1.82) is 0 Å². The standard InChI is InChI=1S/C15H22O3/c1-4-7-11-9-13(15(17)18-6-3)10-12(8-5-2)14(11)16/h9-10,16H,4-8H2,1-3H3. The number of ether oxygens (including phenoxy) is 1. The molecule has 0 unspecified atom stereocenters. The van der Waals surface area contributed by atoms with Gasteiger partial charge in [0, 0.05) is 0 Å². The van der Waals surface area contributed by atoms with Gasteiger partial charge in [0.25, 0.3) is 0 Å². The van der Waals surface area contributed by atoms with Crippen LogP contribution in [0.4, 0.5) is 0 Å². The van der Waals surface area contributed by atoms with Crippen molar-refractivity contribution in [2.24, 2.45) is 0 Å². The van der Waals surface area contributed by atoms with E-state index >= 15 is 0 Å². The van der Waals surface area contributed by atoms with E-state index in [1.807, 2.05) is 0 Å². The molecule has 0 radical (unpaired) electrons. The summed E-state index contributed by atoms with van der Waals surface area (Å²) in [6, 6.07) is 3.49. The van der Waals surface area contributed by atoms with Gasteiger partial charge in [-0.1, -0.05) is 26.7 Å². The Hall–Kier alpha value is -1.51. The van der Waals surface area contributed by atoms with Crippen molar-refractivity contribution >= 4 is 5.97 Å². The highest BCUT2D eigenvalue weighted by Gasteiger charge is 2.14. The van der Waals surface area contributed by atoms with Crippen LogP contribution in [0, 0.1) is 0 Å². The number of phenols is 1. The summed E-state index contributed by atoms with van der Waals surface area (Å²) in [5.74, 6) is 0.0268. The van der Waals surface area contributed by atoms with Gasteiger partial charge in [-0.2, -0.15) is 0 Å². The average Bonchev–Trinajstić information content (AvgIpc) is 2.34. The molecule has 0 aliphatic rings. The van der Waals surface area contributed by atoms with E-state index < -0.39 is 0 Å². The molecule has 1 aromatic carbocycles. The summed E-state index contributed by atoms with van der Waals surface area (Å²) in [6.45, 7) is 6.26. The molecule has 0 atom stereocenters. The van der Waals surface area contributed by atoms with Crippen LogP contribution in [0.2, 0.25) is 0 Å². The topological polar surface area (TPSA) is 46.5 Å². The molecule has 0 saturated heterocycles. The average molecular weight is 250 g/mol. The Bertz CT molecular complexity index is 383. The van der Waals surface area contributed by atoms with E-state index in [9.17, 15) is 9.90 Å². The number of aromatic hydroxyl groups is 1. The monoisotopic (exact) mass is 250 g/mol. The quantitative estimate of drug-likeness (QED) is 0.786. The minimum absolute atomic E-state index is 0.313. The third-order valence-electron chi connectivity index (χ3n) is 2.82. The second-order valence-electron chi connectivity index (χ2n) is 4.36. The van der Waals surface area contributed by atoms with Crippen LogP contribution in [-0.2, 0) is 17.6 Å². The van der Waals surface area contributed by atoms with Gasteiger partial charge in [-0.15, -0.1) is 0 Å². The van der Waals surface area contributed by atoms with Crippen molar-refractivity contribution in [3.8, 4) is 5.75 Å². The van der Waals surface area contributed by atoms with E-state index in [0.717, 1.165) is 36.8 Å². The highest BCUT2D eigenvalue weighted by atomic mass is 16.5. The van der Waals surface area contributed by atoms with Gasteiger partial charge < -0.3 is 9.84 Å². The third kappa shape index (κ3) is 3.49. The zero-order valence-corrected chi connectivity index (χ0v) is 11.5. The molecule has 0 aromatic heterocycles. The number of aryl methyl sites for hydroxylation is 2. The third-order valence-corrected chi connectivity index (χ3v) is 2.82. The van der Waals surface area contributed by atoms with Crippen molar-refractivity contribution in [2.75, 3.05) is 6.61 Å². The maximum Gasteiger partial charge on any atom is 0.338 e. The predicted octanol–water partition coefficient (Wildman–Crippen LogP) is 3.47. The van der Waals surface area contributed by atoms with Crippen LogP contribution in [0.15, 0.2) is 12.1 Å². The first-order valence-corrected chi connectivity index (χ1v) is 6.65. The van der Waals surface area contributed by atoms with Crippen molar-refractivity contribution in [2.45, 2.75) is 46.5 Å². The minimum atomic E-state index is -0.313. The first-order chi connectivity index (χ1) is 8.63. The molecule has 18 heavy (non-hydrogen) atoms. The zero-order chi connectivity index (χ0) is 13.5. The fraction of sp³-hybridized carbons (Fsp3) is 0.533. The van der Waals surface area contributed by atoms with Crippen LogP contribution in [0.3, 0.4) is 0 Å². The van der Waals surface area contributed by atoms with E-state index in [1.165, 1.54) is 0 Å². The number of carbonyl (C=O) groups excluding carboxylic acids is 1. The minimum Gasteiger partial charge on any atom is -0.507 e. The molecule has 0 aliphatic carbocycles. The summed E-state index contributed by atoms with van der Waals surface area (Å²) >= 11 is 0. The van der Waals surface area contributed by atoms with E-state index in [0.29, 0.717) is 17.9 Å². The number of carbonyl (C=O) groups is 1. The van der Waals surface area contributed by atoms with E-state index in [2.05, 4.69) is 13.8 Å². The fourth-order valence-electron chi connectivity index (χ4n) is 2.01. The van der Waals surface area contributed by atoms with Gasteiger partial charge in [-0.3, -0.25) is 0 Å². The number of phenolic OH excluding ortho intramolecular Hbond substituents is 1. The second-order valence-corrected chi connectivity index (χ2v) is 4.36. The van der Waals surface area contributed by atoms with Gasteiger partial charge >= 0.3 is 5.97 Å². The van der Waals surface area contributed by atoms with Gasteiger partial charge in [0.1, 0.15) is 5.75 Å². The Morgan fingerprint density at radius 2 is 1.61 bits per heavy atom. The van der Waals surface area contributed by atoms with Gasteiger partial charge in [0.15, 0.2) is 0 Å². The number of hydrogen-bond acceptors (Lipinski definition) is 3. The van der Waals surface area contributed by atoms with Crippen LogP contribution in [0.25, 0.3) is 0 Å². The lowest BCUT2D eigenvalue weighted by atomic mass is 9.98. The molecule has 0 bridgehead atoms. The van der Waals surface area contributed by atoms with E-state index in [4.69, 9.17) is 4.74 Å². The number of esters is 1. The SMILES string of the molecule is CCCc1cc(C(=O)OCC)cc(CCC)c1O. The van der Waals surface area contributed by atoms with Crippen molar-refractivity contribution < 1.29 is 14.6 Å². The normalized spacial score (nSPS) is 10.4. The van der Waals surface area contributed by atoms with Crippen LogP contribution in [-0.4, -0.2) is 17.7 Å². The van der Waals surface area contributed by atoms with Crippen LogP contribution >= 0.6 is 0 Å². The Morgan fingerprint density at radius 1 is 1.11 bits per heavy atom. The van der Waals surface area contributed by atoms with Gasteiger partial charge in [0.2, 0.25) is 0 Å². The lowest BCUT2D eigenvalue weighted by Gasteiger charge is -2.12. The number of hydrogen-bond donors (Lipinski definition) is 1. The second kappa shape index (κ2) is 7.04. The molecule has 0 saturated carbocycles. The Kier molecular flexibility index (Phi) is 5.69. The Morgan fingerprint density at radius 3 is 2.00 bits per heavy atom. The number of benzene rings is 1. The fourth-order valence-corrected chi connectivity index (χ4v) is 2.01. The van der Waals surface area contributed by atoms with Crippen LogP contribution in [0.1, 0.15) is 55.1 Å². The molecule has 3 nitrogen and oxygen atoms in total. The maximum atomic E-state index is 11.8. The molecule has 0 aliphatic heterocycles. The summed E-state index contributed by atoms with van der Waals surface area (Å²) in [4.78, 5) is 11.8. The zero-order valence-electron chi connectivity index (χ0n) is 11.5. The molecular weight excluding hydrogens is 228 g/mol. The highest BCUT2D eigenvalue weighted by molar-refractivity contribution is 5.90. The molecule has 100 valence electrons. The van der Waals surface area contributed by atoms with Crippen LogP contribution in [0.5, 0.6) is 5.75 Å². The molecule has 3 heteroatoms. The van der Waals surface area contributed by atoms with E-state index in [-0.39, 0.29) is 5.97 Å². The van der Waals surface area contributed by atoms with Crippen molar-refractivity contribution in [3.63, 3.8) is 0 Å². The summed E-state index contributed by atoms with van der Waals surface area (Å²) in [5, 5.41) is 10.1. The van der Waals surface area contributed by atoms with E-state index in [1.54, 1.807) is 19.1 Å². The Labute approximate surface area is 109 Å². The number of rotatable bonds is 6. The molecule has 0 heterocycles. The largest absolute Gasteiger partial charge is 0.507 e. The summed E-state index contributed by atoms with van der Waals surface area (Å²) in [6.07, 6.45) is 3.42. The molecule has 1 aromatic rings. The molecule has 0 amide bonds. The smallest absolute Gasteiger partial charge is 0.338 e. The van der Waals surface area contributed by atoms with Gasteiger partial charge in [0.05, 0.1) is 12.2 Å². The summed E-state index contributed by atoms with van der Waals surface area (Å²) in [7, 11) is 0. The van der Waals surface area contributed by atoms with Crippen LogP contribution < -0.4 is 0 Å². The molecule has 1 rings (SSSR count). The van der Waals surface area contributed by atoms with Gasteiger partial charge in [-0.25, -0.2) is 4.79 Å². The highest BCUT2D eigenvalue weighted by Crippen LogP contribution is 2.27. The molecule has 0 spiro atoms. The summed E-state index contributed by atoms with van der Waals surface area (Å²) < 4.78 is 5.01. The molecular formula is C15H22O3. The van der Waals surface area contributed by atoms with Gasteiger partial charge in [-0.05, 0) is 43.0 Å². The first kappa shape index (κ1) is 14.6. The molecule has 0 fully saturated rings. The lowest BCUT2D eigenvalue weighted by molar-refractivity contribution is 0.0526. The molecule has 1 N–H and O–H groups in total. The maximum absolute atomic E-state index is 11.8. The van der Waals surface area contributed by atoms with Crippen molar-refractivity contribution in [3.05, 3.63) is 28.8 Å². The first-order valence-electron chi connectivity index (χ1n) is 6.65. The predicted molar refractivity (Wildman–Crippen MR) is 72.1 cm³/mol. The Balaban J connectivity index is 3.15. The lowest BCUT2D eigenvalue weighted by Crippen LogP contribution is -2.06. The van der Waals surface area contributed by atoms with Crippen molar-refractivity contribution in [1.82, 2.24) is 0 Å². The summed E-state index contributed by atoms with van der Waals surface area (Å²) in [5.41, 5.74) is 2.22.